The van der Waals surface area contributed by atoms with Crippen LogP contribution in [0, 0.1) is 0 Å². The summed E-state index contributed by atoms with van der Waals surface area (Å²) in [4.78, 5) is 40.5. The highest BCUT2D eigenvalue weighted by molar-refractivity contribution is 5.99. The highest BCUT2D eigenvalue weighted by Gasteiger charge is 2.29. The van der Waals surface area contributed by atoms with Gasteiger partial charge in [0.05, 0.1) is 17.8 Å². The van der Waals surface area contributed by atoms with Gasteiger partial charge in [-0.15, -0.1) is 0 Å². The number of aromatic amines is 1. The number of nitrogens with one attached hydrogen (secondary N) is 1. The van der Waals surface area contributed by atoms with Crippen molar-refractivity contribution in [3.05, 3.63) is 45.5 Å². The summed E-state index contributed by atoms with van der Waals surface area (Å²) in [6.07, 6.45) is 8.18. The molecule has 148 valence electrons. The third-order valence-corrected chi connectivity index (χ3v) is 5.85. The highest BCUT2D eigenvalue weighted by Crippen LogP contribution is 2.28. The van der Waals surface area contributed by atoms with E-state index in [1.54, 1.807) is 17.2 Å². The first-order valence-electron chi connectivity index (χ1n) is 9.89. The van der Waals surface area contributed by atoms with Crippen LogP contribution in [0.5, 0.6) is 0 Å². The molecule has 0 radical (unpaired) electrons. The maximum absolute atomic E-state index is 13.3. The van der Waals surface area contributed by atoms with Crippen LogP contribution >= 0.6 is 0 Å². The van der Waals surface area contributed by atoms with Gasteiger partial charge in [-0.25, -0.2) is 9.97 Å². The number of carbonyl (C=O) groups is 1. The minimum atomic E-state index is -0.214. The Balaban J connectivity index is 1.59. The Hall–Kier alpha value is -2.90. The van der Waals surface area contributed by atoms with Gasteiger partial charge in [0.2, 0.25) is 5.95 Å². The first-order chi connectivity index (χ1) is 13.5. The molecule has 3 N–H and O–H groups in total. The lowest BCUT2D eigenvalue weighted by atomic mass is 9.94. The molecule has 1 aliphatic heterocycles. The van der Waals surface area contributed by atoms with Crippen molar-refractivity contribution in [3.8, 4) is 0 Å². The van der Waals surface area contributed by atoms with E-state index in [0.717, 1.165) is 18.7 Å². The van der Waals surface area contributed by atoms with Gasteiger partial charge in [0.1, 0.15) is 5.82 Å². The van der Waals surface area contributed by atoms with Gasteiger partial charge in [-0.05, 0) is 31.4 Å². The van der Waals surface area contributed by atoms with E-state index in [1.807, 2.05) is 13.1 Å². The minimum absolute atomic E-state index is 0.0807. The summed E-state index contributed by atoms with van der Waals surface area (Å²) < 4.78 is 0. The molecule has 0 atom stereocenters. The van der Waals surface area contributed by atoms with Gasteiger partial charge in [-0.1, -0.05) is 19.3 Å². The second-order valence-corrected chi connectivity index (χ2v) is 7.63. The van der Waals surface area contributed by atoms with Crippen LogP contribution in [0.3, 0.4) is 0 Å². The monoisotopic (exact) mass is 382 g/mol. The molecule has 2 aliphatic rings. The molecule has 0 unspecified atom stereocenters. The standard InChI is InChI=1S/C20H26N6O2/c1-25(13-6-3-2-4-7-13)17-15(8-5-10-22-17)19(28)26-11-9-14-16(12-26)23-20(21)24-18(14)27/h5,8,10,13H,2-4,6-7,9,11-12H2,1H3,(H3,21,23,24,27). The Labute approximate surface area is 163 Å². The van der Waals surface area contributed by atoms with Crippen molar-refractivity contribution in [1.29, 1.82) is 0 Å². The Morgan fingerprint density at radius 3 is 2.89 bits per heavy atom. The van der Waals surface area contributed by atoms with E-state index < -0.39 is 0 Å². The molecular formula is C20H26N6O2. The SMILES string of the molecule is CN(c1ncccc1C(=O)N1CCc2c(nc(N)[nH]c2=O)C1)C1CCCCC1. The molecule has 2 aromatic rings. The molecule has 1 saturated carbocycles. The molecule has 1 fully saturated rings. The summed E-state index contributed by atoms with van der Waals surface area (Å²) in [6, 6.07) is 4.04. The number of carbonyl (C=O) groups excluding carboxylic acids is 1. The molecule has 8 nitrogen and oxygen atoms in total. The van der Waals surface area contributed by atoms with Crippen LogP contribution in [-0.2, 0) is 13.0 Å². The number of nitrogens with zero attached hydrogens (tertiary/aromatic N) is 4. The molecule has 1 aliphatic carbocycles. The number of nitrogen functional groups attached to an aromatic ring is 1. The minimum Gasteiger partial charge on any atom is -0.369 e. The summed E-state index contributed by atoms with van der Waals surface area (Å²) in [5.74, 6) is 0.720. The normalized spacial score (nSPS) is 17.2. The number of rotatable bonds is 3. The zero-order valence-electron chi connectivity index (χ0n) is 16.1. The molecule has 1 amide bonds. The number of pyridine rings is 1. The number of amides is 1. The van der Waals surface area contributed by atoms with Crippen LogP contribution < -0.4 is 16.2 Å². The lowest BCUT2D eigenvalue weighted by Gasteiger charge is -2.34. The number of fused-ring (bicyclic) bond motifs is 1. The summed E-state index contributed by atoms with van der Waals surface area (Å²) >= 11 is 0. The van der Waals surface area contributed by atoms with Gasteiger partial charge < -0.3 is 15.5 Å². The van der Waals surface area contributed by atoms with Gasteiger partial charge in [0.25, 0.3) is 11.5 Å². The van der Waals surface area contributed by atoms with E-state index in [9.17, 15) is 9.59 Å². The highest BCUT2D eigenvalue weighted by atomic mass is 16.2. The molecule has 3 heterocycles. The number of aromatic nitrogens is 3. The number of H-pyrrole nitrogens is 1. The van der Waals surface area contributed by atoms with Gasteiger partial charge in [-0.3, -0.25) is 14.6 Å². The topological polar surface area (TPSA) is 108 Å². The van der Waals surface area contributed by atoms with Gasteiger partial charge in [0.15, 0.2) is 0 Å². The first kappa shape index (κ1) is 18.5. The summed E-state index contributed by atoms with van der Waals surface area (Å²) in [5, 5.41) is 0. The van der Waals surface area contributed by atoms with Crippen LogP contribution in [0.2, 0.25) is 0 Å². The second-order valence-electron chi connectivity index (χ2n) is 7.63. The summed E-state index contributed by atoms with van der Waals surface area (Å²) in [5.41, 5.74) is 7.25. The fraction of sp³-hybridized carbons (Fsp3) is 0.500. The number of hydrogen-bond acceptors (Lipinski definition) is 6. The molecular weight excluding hydrogens is 356 g/mol. The first-order valence-corrected chi connectivity index (χ1v) is 9.89. The fourth-order valence-electron chi connectivity index (χ4n) is 4.29. The lowest BCUT2D eigenvalue weighted by Crippen LogP contribution is -2.41. The van der Waals surface area contributed by atoms with Crippen molar-refractivity contribution in [2.24, 2.45) is 0 Å². The zero-order chi connectivity index (χ0) is 19.7. The molecule has 0 bridgehead atoms. The maximum atomic E-state index is 13.3. The largest absolute Gasteiger partial charge is 0.369 e. The molecule has 0 aromatic carbocycles. The van der Waals surface area contributed by atoms with E-state index in [4.69, 9.17) is 5.73 Å². The van der Waals surface area contributed by atoms with E-state index >= 15 is 0 Å². The van der Waals surface area contributed by atoms with Crippen LogP contribution in [0.4, 0.5) is 11.8 Å². The second kappa shape index (κ2) is 7.61. The molecule has 4 rings (SSSR count). The molecule has 0 saturated heterocycles. The van der Waals surface area contributed by atoms with Gasteiger partial charge in [0, 0.05) is 31.4 Å². The average Bonchev–Trinajstić information content (AvgIpc) is 2.72. The third kappa shape index (κ3) is 3.46. The third-order valence-electron chi connectivity index (χ3n) is 5.85. The Kier molecular flexibility index (Phi) is 5.02. The van der Waals surface area contributed by atoms with E-state index in [0.29, 0.717) is 35.8 Å². The summed E-state index contributed by atoms with van der Waals surface area (Å²) in [6.45, 7) is 0.756. The molecule has 28 heavy (non-hydrogen) atoms. The van der Waals surface area contributed by atoms with E-state index in [1.165, 1.54) is 19.3 Å². The fourth-order valence-corrected chi connectivity index (χ4v) is 4.29. The predicted molar refractivity (Wildman–Crippen MR) is 107 cm³/mol. The Bertz CT molecular complexity index is 935. The molecule has 8 heteroatoms. The van der Waals surface area contributed by atoms with Crippen LogP contribution in [0.25, 0.3) is 0 Å². The van der Waals surface area contributed by atoms with Crippen LogP contribution in [-0.4, -0.2) is 45.4 Å². The van der Waals surface area contributed by atoms with E-state index in [-0.39, 0.29) is 24.0 Å². The van der Waals surface area contributed by atoms with Gasteiger partial charge >= 0.3 is 0 Å². The summed E-state index contributed by atoms with van der Waals surface area (Å²) in [7, 11) is 2.03. The van der Waals surface area contributed by atoms with Crippen molar-refractivity contribution in [1.82, 2.24) is 19.9 Å². The zero-order valence-corrected chi connectivity index (χ0v) is 16.1. The Morgan fingerprint density at radius 1 is 1.32 bits per heavy atom. The maximum Gasteiger partial charge on any atom is 0.257 e. The number of nitrogens with two attached hydrogens (primary N) is 1. The van der Waals surface area contributed by atoms with Crippen molar-refractivity contribution in [2.75, 3.05) is 24.2 Å². The quantitative estimate of drug-likeness (QED) is 0.837. The van der Waals surface area contributed by atoms with Crippen molar-refractivity contribution in [3.63, 3.8) is 0 Å². The smallest absolute Gasteiger partial charge is 0.257 e. The molecule has 2 aromatic heterocycles. The van der Waals surface area contributed by atoms with Crippen molar-refractivity contribution < 1.29 is 4.79 Å². The molecule has 0 spiro atoms. The van der Waals surface area contributed by atoms with Crippen molar-refractivity contribution >= 4 is 17.7 Å². The average molecular weight is 382 g/mol. The Morgan fingerprint density at radius 2 is 2.11 bits per heavy atom. The number of hydrogen-bond donors (Lipinski definition) is 2. The number of anilines is 2. The predicted octanol–water partition coefficient (Wildman–Crippen LogP) is 1.71. The van der Waals surface area contributed by atoms with Crippen molar-refractivity contribution in [2.45, 2.75) is 51.1 Å². The van der Waals surface area contributed by atoms with Crippen LogP contribution in [0.1, 0.15) is 53.7 Å². The lowest BCUT2D eigenvalue weighted by molar-refractivity contribution is 0.0731. The van der Waals surface area contributed by atoms with E-state index in [2.05, 4.69) is 19.9 Å². The van der Waals surface area contributed by atoms with Gasteiger partial charge in [-0.2, -0.15) is 0 Å². The van der Waals surface area contributed by atoms with Crippen LogP contribution in [0.15, 0.2) is 23.1 Å².